The molecule has 0 spiro atoms. The number of nitrogens with zero attached hydrogens (tertiary/aromatic N) is 3. The van der Waals surface area contributed by atoms with E-state index in [1.165, 1.54) is 23.5 Å². The first-order chi connectivity index (χ1) is 12.4. The summed E-state index contributed by atoms with van der Waals surface area (Å²) in [5.74, 6) is 1.46. The number of hydrogen-bond acceptors (Lipinski definition) is 6. The van der Waals surface area contributed by atoms with E-state index in [1.54, 1.807) is 43.3 Å². The van der Waals surface area contributed by atoms with E-state index in [1.807, 2.05) is 6.92 Å². The number of rotatable bonds is 6. The Morgan fingerprint density at radius 2 is 1.88 bits per heavy atom. The number of benzene rings is 2. The zero-order valence-corrected chi connectivity index (χ0v) is 15.5. The second-order valence-corrected chi connectivity index (χ2v) is 7.53. The maximum absolute atomic E-state index is 13.0. The fraction of sp³-hybridized carbons (Fsp3) is 0.222. The average molecular weight is 373 g/mol. The molecule has 0 fully saturated rings. The first-order valence-electron chi connectivity index (χ1n) is 8.04. The topological polar surface area (TPSA) is 85.5 Å². The quantitative estimate of drug-likeness (QED) is 0.659. The van der Waals surface area contributed by atoms with Crippen LogP contribution in [0.1, 0.15) is 12.8 Å². The summed E-state index contributed by atoms with van der Waals surface area (Å²) < 4.78 is 37.5. The molecule has 0 radical (unpaired) electrons. The lowest BCUT2D eigenvalue weighted by Gasteiger charge is -2.20. The number of ether oxygens (including phenoxy) is 1. The monoisotopic (exact) mass is 373 g/mol. The Kier molecular flexibility index (Phi) is 4.94. The molecule has 0 bridgehead atoms. The molecule has 26 heavy (non-hydrogen) atoms. The molecule has 1 aromatic heterocycles. The Morgan fingerprint density at radius 1 is 1.15 bits per heavy atom. The highest BCUT2D eigenvalue weighted by Gasteiger charge is 2.22. The predicted octanol–water partition coefficient (Wildman–Crippen LogP) is 3.27. The molecule has 7 nitrogen and oxygen atoms in total. The number of anilines is 1. The smallest absolute Gasteiger partial charge is 0.264 e. The highest BCUT2D eigenvalue weighted by molar-refractivity contribution is 7.92. The molecule has 0 saturated carbocycles. The first kappa shape index (κ1) is 17.9. The second kappa shape index (κ2) is 7.17. The number of sulfonamides is 1. The van der Waals surface area contributed by atoms with Gasteiger partial charge in [0.25, 0.3) is 10.0 Å². The Balaban J connectivity index is 1.92. The van der Waals surface area contributed by atoms with Gasteiger partial charge in [0.15, 0.2) is 0 Å². The second-order valence-electron chi connectivity index (χ2n) is 5.56. The van der Waals surface area contributed by atoms with Gasteiger partial charge in [0.1, 0.15) is 5.75 Å². The van der Waals surface area contributed by atoms with Crippen LogP contribution in [0, 0.1) is 6.92 Å². The van der Waals surface area contributed by atoms with E-state index >= 15 is 0 Å². The largest absolute Gasteiger partial charge is 0.494 e. The van der Waals surface area contributed by atoms with Crippen molar-refractivity contribution in [2.45, 2.75) is 18.7 Å². The Hall–Kier alpha value is -2.87. The molecular formula is C18H19N3O4S. The van der Waals surface area contributed by atoms with Gasteiger partial charge in [0.2, 0.25) is 11.7 Å². The summed E-state index contributed by atoms with van der Waals surface area (Å²) in [5.41, 5.74) is 1.11. The van der Waals surface area contributed by atoms with Crippen molar-refractivity contribution in [3.63, 3.8) is 0 Å². The normalized spacial score (nSPS) is 11.3. The van der Waals surface area contributed by atoms with Crippen molar-refractivity contribution >= 4 is 15.7 Å². The molecule has 0 atom stereocenters. The van der Waals surface area contributed by atoms with E-state index in [0.29, 0.717) is 35.3 Å². The summed E-state index contributed by atoms with van der Waals surface area (Å²) in [6.45, 7) is 4.12. The summed E-state index contributed by atoms with van der Waals surface area (Å²) in [6, 6.07) is 13.3. The summed E-state index contributed by atoms with van der Waals surface area (Å²) in [7, 11) is -2.22. The van der Waals surface area contributed by atoms with Crippen LogP contribution < -0.4 is 9.04 Å². The van der Waals surface area contributed by atoms with Crippen LogP contribution >= 0.6 is 0 Å². The van der Waals surface area contributed by atoms with Crippen molar-refractivity contribution in [2.24, 2.45) is 0 Å². The minimum absolute atomic E-state index is 0.147. The van der Waals surface area contributed by atoms with Crippen LogP contribution in [0.4, 0.5) is 5.69 Å². The van der Waals surface area contributed by atoms with E-state index in [0.717, 1.165) is 0 Å². The summed E-state index contributed by atoms with van der Waals surface area (Å²) in [5, 5.41) is 3.83. The molecule has 8 heteroatoms. The van der Waals surface area contributed by atoms with Gasteiger partial charge in [-0.25, -0.2) is 8.42 Å². The molecule has 0 amide bonds. The molecule has 3 aromatic rings. The fourth-order valence-electron chi connectivity index (χ4n) is 2.43. The molecular weight excluding hydrogens is 354 g/mol. The van der Waals surface area contributed by atoms with E-state index < -0.39 is 10.0 Å². The third-order valence-corrected chi connectivity index (χ3v) is 5.57. The lowest BCUT2D eigenvalue weighted by Crippen LogP contribution is -2.26. The van der Waals surface area contributed by atoms with Crippen LogP contribution in [0.25, 0.3) is 11.4 Å². The Morgan fingerprint density at radius 3 is 2.50 bits per heavy atom. The van der Waals surface area contributed by atoms with Crippen LogP contribution in [0.15, 0.2) is 57.9 Å². The van der Waals surface area contributed by atoms with Crippen molar-refractivity contribution < 1.29 is 17.7 Å². The standard InChI is InChI=1S/C18H19N3O4S/c1-4-24-16-10-8-15(9-11-16)21(3)26(22,23)17-7-5-6-14(12-17)18-19-13(2)25-20-18/h5-12H,4H2,1-3H3. The van der Waals surface area contributed by atoms with Crippen LogP contribution in [-0.4, -0.2) is 32.2 Å². The first-order valence-corrected chi connectivity index (χ1v) is 9.48. The molecule has 136 valence electrons. The van der Waals surface area contributed by atoms with Crippen LogP contribution in [0.5, 0.6) is 5.75 Å². The molecule has 0 N–H and O–H groups in total. The van der Waals surface area contributed by atoms with E-state index in [4.69, 9.17) is 9.26 Å². The SMILES string of the molecule is CCOc1ccc(N(C)S(=O)(=O)c2cccc(-c3noc(C)n3)c2)cc1. The molecule has 2 aromatic carbocycles. The van der Waals surface area contributed by atoms with Crippen LogP contribution in [0.2, 0.25) is 0 Å². The van der Waals surface area contributed by atoms with Crippen molar-refractivity contribution in [1.29, 1.82) is 0 Å². The van der Waals surface area contributed by atoms with E-state index in [-0.39, 0.29) is 4.90 Å². The zero-order chi connectivity index (χ0) is 18.7. The number of hydrogen-bond donors (Lipinski definition) is 0. The molecule has 0 saturated heterocycles. The lowest BCUT2D eigenvalue weighted by molar-refractivity contribution is 0.340. The third kappa shape index (κ3) is 3.55. The van der Waals surface area contributed by atoms with Gasteiger partial charge in [0.05, 0.1) is 17.2 Å². The Labute approximate surface area is 152 Å². The van der Waals surface area contributed by atoms with Crippen molar-refractivity contribution in [2.75, 3.05) is 18.0 Å². The molecule has 3 rings (SSSR count). The number of aromatic nitrogens is 2. The zero-order valence-electron chi connectivity index (χ0n) is 14.7. The molecule has 0 aliphatic heterocycles. The van der Waals surface area contributed by atoms with Gasteiger partial charge in [-0.05, 0) is 43.3 Å². The number of aryl methyl sites for hydroxylation is 1. The van der Waals surface area contributed by atoms with Crippen molar-refractivity contribution in [3.05, 3.63) is 54.4 Å². The molecule has 1 heterocycles. The Bertz CT molecular complexity index is 997. The molecule has 0 aliphatic rings. The predicted molar refractivity (Wildman–Crippen MR) is 97.7 cm³/mol. The van der Waals surface area contributed by atoms with Gasteiger partial charge in [-0.15, -0.1) is 0 Å². The minimum Gasteiger partial charge on any atom is -0.494 e. The van der Waals surface area contributed by atoms with Crippen molar-refractivity contribution in [3.8, 4) is 17.1 Å². The average Bonchev–Trinajstić information content (AvgIpc) is 3.08. The third-order valence-electron chi connectivity index (χ3n) is 3.79. The van der Waals surface area contributed by atoms with E-state index in [9.17, 15) is 8.42 Å². The van der Waals surface area contributed by atoms with Crippen LogP contribution in [-0.2, 0) is 10.0 Å². The van der Waals surface area contributed by atoms with Crippen molar-refractivity contribution in [1.82, 2.24) is 10.1 Å². The van der Waals surface area contributed by atoms with Crippen LogP contribution in [0.3, 0.4) is 0 Å². The maximum atomic E-state index is 13.0. The summed E-state index contributed by atoms with van der Waals surface area (Å²) in [4.78, 5) is 4.28. The van der Waals surface area contributed by atoms with E-state index in [2.05, 4.69) is 10.1 Å². The molecule has 0 unspecified atom stereocenters. The maximum Gasteiger partial charge on any atom is 0.264 e. The van der Waals surface area contributed by atoms with Gasteiger partial charge in [0, 0.05) is 19.5 Å². The minimum atomic E-state index is -3.73. The lowest BCUT2D eigenvalue weighted by atomic mass is 10.2. The van der Waals surface area contributed by atoms with Gasteiger partial charge >= 0.3 is 0 Å². The van der Waals surface area contributed by atoms with Gasteiger partial charge in [-0.1, -0.05) is 17.3 Å². The van der Waals surface area contributed by atoms with Gasteiger partial charge in [-0.3, -0.25) is 4.31 Å². The molecule has 0 aliphatic carbocycles. The van der Waals surface area contributed by atoms with Gasteiger partial charge in [-0.2, -0.15) is 4.98 Å². The highest BCUT2D eigenvalue weighted by Crippen LogP contribution is 2.26. The fourth-order valence-corrected chi connectivity index (χ4v) is 3.67. The van der Waals surface area contributed by atoms with Gasteiger partial charge < -0.3 is 9.26 Å². The summed E-state index contributed by atoms with van der Waals surface area (Å²) >= 11 is 0. The summed E-state index contributed by atoms with van der Waals surface area (Å²) in [6.07, 6.45) is 0. The highest BCUT2D eigenvalue weighted by atomic mass is 32.2.